The fourth-order valence-corrected chi connectivity index (χ4v) is 4.51. The quantitative estimate of drug-likeness (QED) is 0.265. The van der Waals surface area contributed by atoms with Gasteiger partial charge in [-0.1, -0.05) is 72.8 Å². The fraction of sp³-hybridized carbons (Fsp3) is 0.0606. The number of hydrogen-bond donors (Lipinski definition) is 2. The van der Waals surface area contributed by atoms with Crippen molar-refractivity contribution in [2.24, 2.45) is 0 Å². The van der Waals surface area contributed by atoms with E-state index in [-0.39, 0.29) is 23.7 Å². The molecule has 1 aliphatic rings. The van der Waals surface area contributed by atoms with Crippen LogP contribution >= 0.6 is 0 Å². The van der Waals surface area contributed by atoms with Gasteiger partial charge in [-0.25, -0.2) is 9.18 Å². The zero-order valence-corrected chi connectivity index (χ0v) is 20.9. The van der Waals surface area contributed by atoms with E-state index in [4.69, 9.17) is 5.11 Å². The number of benzene rings is 4. The third-order valence-corrected chi connectivity index (χ3v) is 6.54. The van der Waals surface area contributed by atoms with Gasteiger partial charge >= 0.3 is 5.97 Å². The summed E-state index contributed by atoms with van der Waals surface area (Å²) in [5.41, 5.74) is 5.99. The Kier molecular flexibility index (Phi) is 7.28. The lowest BCUT2D eigenvalue weighted by Gasteiger charge is -2.09. The van der Waals surface area contributed by atoms with Gasteiger partial charge in [0.1, 0.15) is 5.82 Å². The molecule has 0 heterocycles. The Labute approximate surface area is 224 Å². The summed E-state index contributed by atoms with van der Waals surface area (Å²) in [4.78, 5) is 36.5. The molecule has 0 radical (unpaired) electrons. The molecule has 0 aliphatic heterocycles. The topological polar surface area (TPSA) is 83.5 Å². The van der Waals surface area contributed by atoms with Crippen LogP contribution in [0.4, 0.5) is 4.39 Å². The van der Waals surface area contributed by atoms with Crippen molar-refractivity contribution in [3.05, 3.63) is 148 Å². The van der Waals surface area contributed by atoms with Crippen molar-refractivity contribution in [3.8, 4) is 0 Å². The SMILES string of the molecule is O=C(CC1=C/C(=C\c2ccc(C(=O)O)cc2)c2ccc(F)cc21)NCc1ccc(C(=O)c2ccccc2)cc1. The number of amides is 1. The largest absolute Gasteiger partial charge is 0.478 e. The number of carboxylic acids is 1. The molecule has 2 N–H and O–H groups in total. The first-order valence-electron chi connectivity index (χ1n) is 12.4. The van der Waals surface area contributed by atoms with Gasteiger partial charge in [-0.15, -0.1) is 0 Å². The number of rotatable bonds is 8. The first kappa shape index (κ1) is 25.5. The first-order chi connectivity index (χ1) is 18.9. The van der Waals surface area contributed by atoms with Crippen LogP contribution in [0.2, 0.25) is 0 Å². The van der Waals surface area contributed by atoms with Crippen LogP contribution in [0.15, 0.2) is 103 Å². The van der Waals surface area contributed by atoms with Crippen LogP contribution in [0.25, 0.3) is 17.2 Å². The molecule has 1 aliphatic carbocycles. The highest BCUT2D eigenvalue weighted by molar-refractivity contribution is 6.09. The second kappa shape index (κ2) is 11.1. The lowest BCUT2D eigenvalue weighted by atomic mass is 10.0. The number of aromatic carboxylic acids is 1. The number of nitrogens with one attached hydrogen (secondary N) is 1. The number of carbonyl (C=O) groups is 3. The van der Waals surface area contributed by atoms with Gasteiger partial charge in [0, 0.05) is 17.7 Å². The summed E-state index contributed by atoms with van der Waals surface area (Å²) in [6.45, 7) is 0.292. The normalized spacial score (nSPS) is 13.1. The molecule has 0 bridgehead atoms. The predicted octanol–water partition coefficient (Wildman–Crippen LogP) is 6.40. The summed E-state index contributed by atoms with van der Waals surface area (Å²) < 4.78 is 14.1. The second-order valence-electron chi connectivity index (χ2n) is 9.23. The highest BCUT2D eigenvalue weighted by Crippen LogP contribution is 2.38. The van der Waals surface area contributed by atoms with Crippen LogP contribution in [0.1, 0.15) is 55.0 Å². The smallest absolute Gasteiger partial charge is 0.335 e. The Hall–Kier alpha value is -5.10. The Balaban J connectivity index is 1.27. The molecule has 1 amide bonds. The van der Waals surface area contributed by atoms with Gasteiger partial charge in [-0.2, -0.15) is 0 Å². The summed E-state index contributed by atoms with van der Waals surface area (Å²) in [7, 11) is 0. The van der Waals surface area contributed by atoms with Gasteiger partial charge in [0.05, 0.1) is 12.0 Å². The summed E-state index contributed by atoms with van der Waals surface area (Å²) in [6.07, 6.45) is 3.81. The molecular formula is C33H24FNO4. The number of allylic oxidation sites excluding steroid dienone is 2. The average Bonchev–Trinajstić information content (AvgIpc) is 3.28. The molecule has 0 saturated heterocycles. The lowest BCUT2D eigenvalue weighted by Crippen LogP contribution is -2.22. The number of carbonyl (C=O) groups excluding carboxylic acids is 2. The molecule has 4 aromatic rings. The maximum absolute atomic E-state index is 14.1. The molecule has 0 unspecified atom stereocenters. The highest BCUT2D eigenvalue weighted by Gasteiger charge is 2.21. The molecule has 0 saturated carbocycles. The molecule has 4 aromatic carbocycles. The van der Waals surface area contributed by atoms with Gasteiger partial charge in [0.15, 0.2) is 5.78 Å². The van der Waals surface area contributed by atoms with E-state index in [1.807, 2.05) is 42.5 Å². The van der Waals surface area contributed by atoms with Gasteiger partial charge in [-0.3, -0.25) is 9.59 Å². The monoisotopic (exact) mass is 517 g/mol. The van der Waals surface area contributed by atoms with Gasteiger partial charge < -0.3 is 10.4 Å². The summed E-state index contributed by atoms with van der Waals surface area (Å²) in [5.74, 6) is -1.67. The highest BCUT2D eigenvalue weighted by atomic mass is 19.1. The third kappa shape index (κ3) is 5.91. The molecule has 5 nitrogen and oxygen atoms in total. The van der Waals surface area contributed by atoms with Crippen LogP contribution in [0, 0.1) is 5.82 Å². The van der Waals surface area contributed by atoms with E-state index >= 15 is 0 Å². The van der Waals surface area contributed by atoms with E-state index in [0.29, 0.717) is 28.8 Å². The molecule has 39 heavy (non-hydrogen) atoms. The molecule has 192 valence electrons. The Morgan fingerprint density at radius 2 is 1.44 bits per heavy atom. The number of carboxylic acid groups (broad SMARTS) is 1. The van der Waals surface area contributed by atoms with Crippen LogP contribution in [0.5, 0.6) is 0 Å². The van der Waals surface area contributed by atoms with Crippen molar-refractivity contribution < 1.29 is 23.9 Å². The van der Waals surface area contributed by atoms with Crippen molar-refractivity contribution in [3.63, 3.8) is 0 Å². The maximum atomic E-state index is 14.1. The van der Waals surface area contributed by atoms with Crippen LogP contribution in [-0.2, 0) is 11.3 Å². The van der Waals surface area contributed by atoms with Crippen LogP contribution in [-0.4, -0.2) is 22.8 Å². The van der Waals surface area contributed by atoms with Gasteiger partial charge in [0.2, 0.25) is 5.91 Å². The maximum Gasteiger partial charge on any atom is 0.335 e. The standard InChI is InChI=1S/C33H24FNO4/c34-28-14-15-29-26(16-21-6-12-25(13-7-21)33(38)39)17-27(30(29)19-28)18-31(36)35-20-22-8-10-24(11-9-22)32(37)23-4-2-1-3-5-23/h1-17,19H,18,20H2,(H,35,36)(H,38,39)/b26-16+. The molecule has 5 rings (SSSR count). The third-order valence-electron chi connectivity index (χ3n) is 6.54. The van der Waals surface area contributed by atoms with Gasteiger partial charge in [0.25, 0.3) is 0 Å². The van der Waals surface area contributed by atoms with Crippen molar-refractivity contribution in [2.45, 2.75) is 13.0 Å². The van der Waals surface area contributed by atoms with E-state index in [9.17, 15) is 18.8 Å². The van der Waals surface area contributed by atoms with Crippen molar-refractivity contribution in [1.82, 2.24) is 5.32 Å². The van der Waals surface area contributed by atoms with E-state index in [2.05, 4.69) is 5.32 Å². The minimum absolute atomic E-state index is 0.0630. The van der Waals surface area contributed by atoms with Gasteiger partial charge in [-0.05, 0) is 69.8 Å². The first-order valence-corrected chi connectivity index (χ1v) is 12.4. The Morgan fingerprint density at radius 1 is 0.769 bits per heavy atom. The molecular weight excluding hydrogens is 493 g/mol. The molecule has 0 aromatic heterocycles. The minimum Gasteiger partial charge on any atom is -0.478 e. The van der Waals surface area contributed by atoms with Crippen molar-refractivity contribution in [2.75, 3.05) is 0 Å². The van der Waals surface area contributed by atoms with Crippen LogP contribution < -0.4 is 5.32 Å². The lowest BCUT2D eigenvalue weighted by molar-refractivity contribution is -0.120. The fourth-order valence-electron chi connectivity index (χ4n) is 4.51. The molecule has 6 heteroatoms. The summed E-state index contributed by atoms with van der Waals surface area (Å²) in [6, 6.07) is 27.1. The zero-order valence-electron chi connectivity index (χ0n) is 20.9. The van der Waals surface area contributed by atoms with E-state index in [0.717, 1.165) is 22.3 Å². The van der Waals surface area contributed by atoms with E-state index < -0.39 is 11.8 Å². The number of ketones is 1. The number of hydrogen-bond acceptors (Lipinski definition) is 3. The average molecular weight is 518 g/mol. The zero-order chi connectivity index (χ0) is 27.4. The van der Waals surface area contributed by atoms with Crippen LogP contribution in [0.3, 0.4) is 0 Å². The van der Waals surface area contributed by atoms with E-state index in [1.165, 1.54) is 24.3 Å². The molecule has 0 atom stereocenters. The van der Waals surface area contributed by atoms with Crippen molar-refractivity contribution in [1.29, 1.82) is 0 Å². The summed E-state index contributed by atoms with van der Waals surface area (Å²) in [5, 5.41) is 12.0. The number of fused-ring (bicyclic) bond motifs is 1. The molecule has 0 fully saturated rings. The predicted molar refractivity (Wildman–Crippen MR) is 148 cm³/mol. The Bertz CT molecular complexity index is 1620. The Morgan fingerprint density at radius 3 is 2.13 bits per heavy atom. The molecule has 0 spiro atoms. The second-order valence-corrected chi connectivity index (χ2v) is 9.23. The minimum atomic E-state index is -0.999. The van der Waals surface area contributed by atoms with Crippen molar-refractivity contribution >= 4 is 34.9 Å². The van der Waals surface area contributed by atoms with E-state index in [1.54, 1.807) is 42.5 Å². The number of halogens is 1. The summed E-state index contributed by atoms with van der Waals surface area (Å²) >= 11 is 0.